The Hall–Kier alpha value is -3.14. The number of halogens is 3. The van der Waals surface area contributed by atoms with Crippen LogP contribution in [0.2, 0.25) is 0 Å². The summed E-state index contributed by atoms with van der Waals surface area (Å²) in [5.74, 6) is 0.316. The third-order valence-corrected chi connectivity index (χ3v) is 8.00. The third kappa shape index (κ3) is 6.90. The van der Waals surface area contributed by atoms with E-state index in [1.54, 1.807) is 4.90 Å². The molecule has 0 aliphatic carbocycles. The molecule has 2 aliphatic heterocycles. The van der Waals surface area contributed by atoms with Crippen molar-refractivity contribution in [3.63, 3.8) is 0 Å². The molecular formula is C29H38F3N5O2. The average molecular weight is 546 g/mol. The summed E-state index contributed by atoms with van der Waals surface area (Å²) in [5.41, 5.74) is 5.89. The lowest BCUT2D eigenvalue weighted by Crippen LogP contribution is -2.60. The predicted octanol–water partition coefficient (Wildman–Crippen LogP) is 4.93. The van der Waals surface area contributed by atoms with Crippen molar-refractivity contribution < 1.29 is 22.8 Å². The van der Waals surface area contributed by atoms with Gasteiger partial charge in [0.2, 0.25) is 5.91 Å². The highest BCUT2D eigenvalue weighted by atomic mass is 19.4. The summed E-state index contributed by atoms with van der Waals surface area (Å²) in [6.07, 6.45) is -1.61. The number of pyridine rings is 1. The first-order valence-corrected chi connectivity index (χ1v) is 13.5. The number of piperazine rings is 1. The van der Waals surface area contributed by atoms with Crippen molar-refractivity contribution >= 4 is 11.9 Å². The second kappa shape index (κ2) is 11.5. The van der Waals surface area contributed by atoms with Gasteiger partial charge >= 0.3 is 12.2 Å². The zero-order chi connectivity index (χ0) is 28.4. The normalized spacial score (nSPS) is 20.6. The second-order valence-electron chi connectivity index (χ2n) is 11.7. The Morgan fingerprint density at radius 2 is 1.67 bits per heavy atom. The molecule has 2 aromatic rings. The van der Waals surface area contributed by atoms with Crippen molar-refractivity contribution in [1.82, 2.24) is 19.7 Å². The van der Waals surface area contributed by atoms with Gasteiger partial charge in [-0.25, -0.2) is 4.79 Å². The molecule has 1 unspecified atom stereocenters. The van der Waals surface area contributed by atoms with Crippen molar-refractivity contribution in [3.05, 3.63) is 65.5 Å². The van der Waals surface area contributed by atoms with Gasteiger partial charge in [0, 0.05) is 51.4 Å². The average Bonchev–Trinajstić information content (AvgIpc) is 2.89. The molecule has 0 radical (unpaired) electrons. The van der Waals surface area contributed by atoms with E-state index in [-0.39, 0.29) is 29.3 Å². The number of urea groups is 1. The predicted molar refractivity (Wildman–Crippen MR) is 143 cm³/mol. The number of carbonyl (C=O) groups is 2. The minimum atomic E-state index is -4.45. The van der Waals surface area contributed by atoms with E-state index in [2.05, 4.69) is 30.7 Å². The van der Waals surface area contributed by atoms with Crippen LogP contribution in [0.4, 0.5) is 18.0 Å². The molecule has 2 saturated heterocycles. The number of likely N-dealkylation sites (tertiary alicyclic amines) is 1. The van der Waals surface area contributed by atoms with Gasteiger partial charge < -0.3 is 15.5 Å². The van der Waals surface area contributed by atoms with Gasteiger partial charge in [-0.2, -0.15) is 13.2 Å². The number of piperidine rings is 1. The molecule has 3 amide bonds. The fourth-order valence-corrected chi connectivity index (χ4v) is 5.74. The van der Waals surface area contributed by atoms with Gasteiger partial charge in [-0.3, -0.25) is 14.7 Å². The molecule has 0 saturated carbocycles. The SMILES string of the molecule is CC(C)(C)[C@H]1CN(C(c2ccccc2)c2ccc(C(F)(F)F)cn2)CCN1C(=O)CC1CCN(C(N)=O)CC1. The molecule has 10 heteroatoms. The smallest absolute Gasteiger partial charge is 0.351 e. The van der Waals surface area contributed by atoms with Crippen molar-refractivity contribution in [3.8, 4) is 0 Å². The Balaban J connectivity index is 1.54. The molecule has 39 heavy (non-hydrogen) atoms. The van der Waals surface area contributed by atoms with Gasteiger partial charge in [0.05, 0.1) is 17.3 Å². The minimum absolute atomic E-state index is 0.0925. The highest BCUT2D eigenvalue weighted by molar-refractivity contribution is 5.77. The number of benzene rings is 1. The van der Waals surface area contributed by atoms with Crippen LogP contribution >= 0.6 is 0 Å². The molecule has 2 fully saturated rings. The van der Waals surface area contributed by atoms with Crippen LogP contribution in [0.3, 0.4) is 0 Å². The number of amides is 3. The summed E-state index contributed by atoms with van der Waals surface area (Å²) in [7, 11) is 0. The summed E-state index contributed by atoms with van der Waals surface area (Å²) < 4.78 is 39.6. The zero-order valence-corrected chi connectivity index (χ0v) is 22.8. The van der Waals surface area contributed by atoms with E-state index in [9.17, 15) is 22.8 Å². The lowest BCUT2D eigenvalue weighted by molar-refractivity contribution is -0.141. The number of primary amides is 1. The molecular weight excluding hydrogens is 507 g/mol. The Morgan fingerprint density at radius 3 is 2.21 bits per heavy atom. The van der Waals surface area contributed by atoms with E-state index in [0.717, 1.165) is 30.7 Å². The van der Waals surface area contributed by atoms with Crippen LogP contribution in [0.15, 0.2) is 48.7 Å². The van der Waals surface area contributed by atoms with Crippen molar-refractivity contribution in [1.29, 1.82) is 0 Å². The fourth-order valence-electron chi connectivity index (χ4n) is 5.74. The molecule has 7 nitrogen and oxygen atoms in total. The van der Waals surface area contributed by atoms with Crippen molar-refractivity contribution in [2.24, 2.45) is 17.1 Å². The highest BCUT2D eigenvalue weighted by Crippen LogP contribution is 2.36. The summed E-state index contributed by atoms with van der Waals surface area (Å²) in [5, 5.41) is 0. The number of carbonyl (C=O) groups excluding carboxylic acids is 2. The minimum Gasteiger partial charge on any atom is -0.351 e. The van der Waals surface area contributed by atoms with Crippen LogP contribution in [-0.2, 0) is 11.0 Å². The maximum atomic E-state index is 13.6. The lowest BCUT2D eigenvalue weighted by atomic mass is 9.82. The molecule has 3 heterocycles. The topological polar surface area (TPSA) is 82.8 Å². The molecule has 1 aromatic heterocycles. The number of aromatic nitrogens is 1. The van der Waals surface area contributed by atoms with E-state index in [0.29, 0.717) is 44.8 Å². The monoisotopic (exact) mass is 545 g/mol. The maximum absolute atomic E-state index is 13.6. The number of alkyl halides is 3. The Kier molecular flexibility index (Phi) is 8.54. The second-order valence-corrected chi connectivity index (χ2v) is 11.7. The van der Waals surface area contributed by atoms with Crippen LogP contribution < -0.4 is 5.73 Å². The highest BCUT2D eigenvalue weighted by Gasteiger charge is 2.41. The largest absolute Gasteiger partial charge is 0.417 e. The molecule has 212 valence electrons. The van der Waals surface area contributed by atoms with E-state index < -0.39 is 17.8 Å². The first kappa shape index (κ1) is 28.9. The van der Waals surface area contributed by atoms with E-state index in [1.807, 2.05) is 35.2 Å². The number of hydrogen-bond donors (Lipinski definition) is 1. The summed E-state index contributed by atoms with van der Waals surface area (Å²) in [6, 6.07) is 11.4. The summed E-state index contributed by atoms with van der Waals surface area (Å²) in [6.45, 7) is 9.14. The number of hydrogen-bond acceptors (Lipinski definition) is 4. The molecule has 2 aliphatic rings. The van der Waals surface area contributed by atoms with E-state index >= 15 is 0 Å². The first-order valence-electron chi connectivity index (χ1n) is 13.5. The van der Waals surface area contributed by atoms with Gasteiger partial charge in [-0.1, -0.05) is 51.1 Å². The first-order chi connectivity index (χ1) is 18.3. The van der Waals surface area contributed by atoms with Crippen LogP contribution in [0.5, 0.6) is 0 Å². The van der Waals surface area contributed by atoms with Crippen molar-refractivity contribution in [2.45, 2.75) is 58.3 Å². The summed E-state index contributed by atoms with van der Waals surface area (Å²) in [4.78, 5) is 35.1. The van der Waals surface area contributed by atoms with Gasteiger partial charge in [-0.05, 0) is 41.9 Å². The van der Waals surface area contributed by atoms with Crippen LogP contribution in [-0.4, -0.2) is 70.4 Å². The molecule has 0 bridgehead atoms. The summed E-state index contributed by atoms with van der Waals surface area (Å²) >= 11 is 0. The van der Waals surface area contributed by atoms with Gasteiger partial charge in [0.1, 0.15) is 0 Å². The molecule has 4 rings (SSSR count). The third-order valence-electron chi connectivity index (χ3n) is 8.00. The fraction of sp³-hybridized carbons (Fsp3) is 0.552. The van der Waals surface area contributed by atoms with Crippen LogP contribution in [0, 0.1) is 11.3 Å². The van der Waals surface area contributed by atoms with Crippen LogP contribution in [0.25, 0.3) is 0 Å². The maximum Gasteiger partial charge on any atom is 0.417 e. The molecule has 1 aromatic carbocycles. The lowest BCUT2D eigenvalue weighted by Gasteiger charge is -2.49. The van der Waals surface area contributed by atoms with Gasteiger partial charge in [0.15, 0.2) is 0 Å². The van der Waals surface area contributed by atoms with E-state index in [1.165, 1.54) is 6.07 Å². The quantitative estimate of drug-likeness (QED) is 0.578. The number of nitrogens with two attached hydrogens (primary N) is 1. The molecule has 0 spiro atoms. The Morgan fingerprint density at radius 1 is 1.00 bits per heavy atom. The van der Waals surface area contributed by atoms with Gasteiger partial charge in [-0.15, -0.1) is 0 Å². The molecule has 2 atom stereocenters. The van der Waals surface area contributed by atoms with Crippen molar-refractivity contribution in [2.75, 3.05) is 32.7 Å². The zero-order valence-electron chi connectivity index (χ0n) is 22.8. The number of nitrogens with zero attached hydrogens (tertiary/aromatic N) is 4. The van der Waals surface area contributed by atoms with Crippen LogP contribution in [0.1, 0.15) is 62.9 Å². The number of rotatable bonds is 5. The Labute approximate surface area is 228 Å². The van der Waals surface area contributed by atoms with E-state index in [4.69, 9.17) is 5.73 Å². The van der Waals surface area contributed by atoms with Gasteiger partial charge in [0.25, 0.3) is 0 Å². The molecule has 2 N–H and O–H groups in total. The Bertz CT molecular complexity index is 1130. The standard InChI is InChI=1S/C29H38F3N5O2/c1-28(2,3)24-19-36(15-16-37(24)25(38)17-20-11-13-35(14-12-20)27(33)39)26(21-7-5-4-6-8-21)23-10-9-22(18-34-23)29(30,31)32/h4-10,18,20,24,26H,11-17,19H2,1-3H3,(H2,33,39)/t24-,26?/m1/s1.